The van der Waals surface area contributed by atoms with Gasteiger partial charge in [0.2, 0.25) is 5.91 Å². The molecule has 0 unspecified atom stereocenters. The van der Waals surface area contributed by atoms with E-state index in [1.807, 2.05) is 31.2 Å². The van der Waals surface area contributed by atoms with E-state index in [1.165, 1.54) is 0 Å². The smallest absolute Gasteiger partial charge is 0.336 e. The van der Waals surface area contributed by atoms with Crippen LogP contribution in [0.2, 0.25) is 0 Å². The molecule has 1 amide bonds. The predicted octanol–water partition coefficient (Wildman–Crippen LogP) is 1.79. The molecule has 2 rings (SSSR count). The van der Waals surface area contributed by atoms with Gasteiger partial charge in [-0.15, -0.1) is 0 Å². The lowest BCUT2D eigenvalue weighted by molar-refractivity contribution is -0.139. The highest BCUT2D eigenvalue weighted by Crippen LogP contribution is 2.27. The molecule has 0 atom stereocenters. The van der Waals surface area contributed by atoms with E-state index >= 15 is 0 Å². The molecule has 1 aromatic carbocycles. The van der Waals surface area contributed by atoms with Gasteiger partial charge >= 0.3 is 5.97 Å². The van der Waals surface area contributed by atoms with Gasteiger partial charge in [-0.05, 0) is 19.4 Å². The fraction of sp³-hybridized carbons (Fsp3) is 0.286. The Morgan fingerprint density at radius 2 is 2.11 bits per heavy atom. The molecule has 94 valence electrons. The van der Waals surface area contributed by atoms with Gasteiger partial charge in [-0.25, -0.2) is 4.79 Å². The second-order valence-corrected chi connectivity index (χ2v) is 4.11. The fourth-order valence-electron chi connectivity index (χ4n) is 1.98. The molecule has 1 N–H and O–H groups in total. The Morgan fingerprint density at radius 1 is 1.39 bits per heavy atom. The van der Waals surface area contributed by atoms with Gasteiger partial charge in [-0.1, -0.05) is 24.3 Å². The predicted molar refractivity (Wildman–Crippen MR) is 67.5 cm³/mol. The monoisotopic (exact) mass is 245 g/mol. The van der Waals surface area contributed by atoms with Crippen LogP contribution in [-0.4, -0.2) is 18.5 Å². The van der Waals surface area contributed by atoms with E-state index in [9.17, 15) is 9.59 Å². The van der Waals surface area contributed by atoms with Crippen LogP contribution in [0.1, 0.15) is 24.5 Å². The SMILES string of the molecule is CCOC(=O)C1=C(c2ccccc2C)NC(=O)C1. The highest BCUT2D eigenvalue weighted by Gasteiger charge is 2.28. The zero-order chi connectivity index (χ0) is 13.1. The molecular formula is C14H15NO3. The number of ether oxygens (including phenoxy) is 1. The molecule has 1 heterocycles. The molecule has 1 aliphatic rings. The van der Waals surface area contributed by atoms with Crippen molar-refractivity contribution in [2.45, 2.75) is 20.3 Å². The summed E-state index contributed by atoms with van der Waals surface area (Å²) in [6.07, 6.45) is 0.0858. The topological polar surface area (TPSA) is 55.4 Å². The normalized spacial score (nSPS) is 14.7. The lowest BCUT2D eigenvalue weighted by Gasteiger charge is -2.09. The lowest BCUT2D eigenvalue weighted by Crippen LogP contribution is -2.14. The number of aryl methyl sites for hydroxylation is 1. The number of benzene rings is 1. The van der Waals surface area contributed by atoms with Crippen LogP contribution < -0.4 is 5.32 Å². The van der Waals surface area contributed by atoms with Crippen LogP contribution in [0.4, 0.5) is 0 Å². The second-order valence-electron chi connectivity index (χ2n) is 4.11. The summed E-state index contributed by atoms with van der Waals surface area (Å²) in [7, 11) is 0. The van der Waals surface area contributed by atoms with Crippen LogP contribution >= 0.6 is 0 Å². The van der Waals surface area contributed by atoms with E-state index in [0.717, 1.165) is 11.1 Å². The molecule has 0 radical (unpaired) electrons. The van der Waals surface area contributed by atoms with Gasteiger partial charge in [0.15, 0.2) is 0 Å². The number of carbonyl (C=O) groups excluding carboxylic acids is 2. The summed E-state index contributed by atoms with van der Waals surface area (Å²) in [5.74, 6) is -0.592. The van der Waals surface area contributed by atoms with Crippen molar-refractivity contribution in [1.29, 1.82) is 0 Å². The highest BCUT2D eigenvalue weighted by molar-refractivity contribution is 6.09. The first-order valence-electron chi connectivity index (χ1n) is 5.89. The van der Waals surface area contributed by atoms with E-state index in [1.54, 1.807) is 6.92 Å². The van der Waals surface area contributed by atoms with E-state index in [2.05, 4.69) is 5.32 Å². The minimum absolute atomic E-state index is 0.0858. The Kier molecular flexibility index (Phi) is 3.46. The maximum atomic E-state index is 11.8. The number of amides is 1. The average Bonchev–Trinajstić information content (AvgIpc) is 2.72. The third kappa shape index (κ3) is 2.27. The quantitative estimate of drug-likeness (QED) is 0.826. The largest absolute Gasteiger partial charge is 0.463 e. The van der Waals surface area contributed by atoms with Crippen LogP contribution in [0.15, 0.2) is 29.8 Å². The third-order valence-electron chi connectivity index (χ3n) is 2.84. The van der Waals surface area contributed by atoms with Crippen LogP contribution in [0.25, 0.3) is 5.70 Å². The zero-order valence-corrected chi connectivity index (χ0v) is 10.4. The molecular weight excluding hydrogens is 230 g/mol. The molecule has 0 aromatic heterocycles. The average molecular weight is 245 g/mol. The molecule has 0 fully saturated rings. The van der Waals surface area contributed by atoms with Gasteiger partial charge in [0.1, 0.15) is 0 Å². The van der Waals surface area contributed by atoms with Crippen molar-refractivity contribution < 1.29 is 14.3 Å². The number of carbonyl (C=O) groups is 2. The second kappa shape index (κ2) is 5.04. The molecule has 1 aliphatic heterocycles. The van der Waals surface area contributed by atoms with Crippen LogP contribution in [-0.2, 0) is 14.3 Å². The number of esters is 1. The summed E-state index contributed by atoms with van der Waals surface area (Å²) in [4.78, 5) is 23.3. The van der Waals surface area contributed by atoms with Crippen LogP contribution in [0.5, 0.6) is 0 Å². The van der Waals surface area contributed by atoms with Crippen molar-refractivity contribution in [1.82, 2.24) is 5.32 Å². The lowest BCUT2D eigenvalue weighted by atomic mass is 10.0. The first kappa shape index (κ1) is 12.4. The highest BCUT2D eigenvalue weighted by atomic mass is 16.5. The Labute approximate surface area is 106 Å². The van der Waals surface area contributed by atoms with Crippen molar-refractivity contribution in [3.8, 4) is 0 Å². The van der Waals surface area contributed by atoms with Crippen molar-refractivity contribution in [2.24, 2.45) is 0 Å². The van der Waals surface area contributed by atoms with Gasteiger partial charge in [-0.2, -0.15) is 0 Å². The Balaban J connectivity index is 2.44. The maximum Gasteiger partial charge on any atom is 0.336 e. The Bertz CT molecular complexity index is 532. The number of hydrogen-bond acceptors (Lipinski definition) is 3. The Hall–Kier alpha value is -2.10. The molecule has 0 aliphatic carbocycles. The standard InChI is InChI=1S/C14H15NO3/c1-3-18-14(17)11-8-12(16)15-13(11)10-7-5-4-6-9(10)2/h4-7H,3,8H2,1-2H3,(H,15,16). The van der Waals surface area contributed by atoms with Crippen molar-refractivity contribution in [3.05, 3.63) is 41.0 Å². The molecule has 4 heteroatoms. The zero-order valence-electron chi connectivity index (χ0n) is 10.4. The summed E-state index contributed by atoms with van der Waals surface area (Å²) >= 11 is 0. The van der Waals surface area contributed by atoms with E-state index in [4.69, 9.17) is 4.74 Å². The molecule has 0 saturated heterocycles. The molecule has 0 bridgehead atoms. The van der Waals surface area contributed by atoms with Crippen molar-refractivity contribution in [2.75, 3.05) is 6.61 Å². The fourth-order valence-corrected chi connectivity index (χ4v) is 1.98. The van der Waals surface area contributed by atoms with Gasteiger partial charge in [0.25, 0.3) is 0 Å². The first-order chi connectivity index (χ1) is 8.63. The molecule has 4 nitrogen and oxygen atoms in total. The summed E-state index contributed by atoms with van der Waals surface area (Å²) in [6, 6.07) is 7.62. The van der Waals surface area contributed by atoms with Gasteiger partial charge in [-0.3, -0.25) is 4.79 Å². The number of rotatable bonds is 3. The molecule has 18 heavy (non-hydrogen) atoms. The first-order valence-corrected chi connectivity index (χ1v) is 5.89. The number of nitrogens with one attached hydrogen (secondary N) is 1. The summed E-state index contributed by atoms with van der Waals surface area (Å²) in [5, 5.41) is 2.74. The van der Waals surface area contributed by atoms with E-state index < -0.39 is 5.97 Å². The molecule has 1 aromatic rings. The van der Waals surface area contributed by atoms with Gasteiger partial charge in [0.05, 0.1) is 24.3 Å². The van der Waals surface area contributed by atoms with Crippen LogP contribution in [0.3, 0.4) is 0 Å². The van der Waals surface area contributed by atoms with Crippen LogP contribution in [0, 0.1) is 6.92 Å². The summed E-state index contributed by atoms with van der Waals surface area (Å²) in [6.45, 7) is 3.99. The van der Waals surface area contributed by atoms with E-state index in [-0.39, 0.29) is 12.3 Å². The third-order valence-corrected chi connectivity index (χ3v) is 2.84. The minimum atomic E-state index is -0.422. The minimum Gasteiger partial charge on any atom is -0.463 e. The molecule has 0 saturated carbocycles. The summed E-state index contributed by atoms with van der Waals surface area (Å²) in [5.41, 5.74) is 2.87. The molecule has 0 spiro atoms. The van der Waals surface area contributed by atoms with Gasteiger partial charge in [0, 0.05) is 5.56 Å². The van der Waals surface area contributed by atoms with E-state index in [0.29, 0.717) is 17.9 Å². The summed E-state index contributed by atoms with van der Waals surface area (Å²) < 4.78 is 4.98. The van der Waals surface area contributed by atoms with Crippen molar-refractivity contribution >= 4 is 17.6 Å². The number of hydrogen-bond donors (Lipinski definition) is 1. The van der Waals surface area contributed by atoms with Gasteiger partial charge < -0.3 is 10.1 Å². The maximum absolute atomic E-state index is 11.8. The Morgan fingerprint density at radius 3 is 2.78 bits per heavy atom. The van der Waals surface area contributed by atoms with Crippen molar-refractivity contribution in [3.63, 3.8) is 0 Å².